The fraction of sp³-hybridized carbons (Fsp3) is 0.348. The van der Waals surface area contributed by atoms with Crippen LogP contribution in [0.1, 0.15) is 35.3 Å². The molecule has 148 valence electrons. The third-order valence-electron chi connectivity index (χ3n) is 4.68. The Morgan fingerprint density at radius 2 is 1.64 bits per heavy atom. The largest absolute Gasteiger partial charge is 0.497 e. The summed E-state index contributed by atoms with van der Waals surface area (Å²) in [6.07, 6.45) is 1.56. The van der Waals surface area contributed by atoms with Crippen LogP contribution in [0.15, 0.2) is 54.6 Å². The van der Waals surface area contributed by atoms with E-state index in [1.807, 2.05) is 73.4 Å². The first kappa shape index (κ1) is 20.1. The summed E-state index contributed by atoms with van der Waals surface area (Å²) in [5, 5.41) is 0. The molecule has 1 amide bonds. The molecule has 0 unspecified atom stereocenters. The third kappa shape index (κ3) is 4.61. The second kappa shape index (κ2) is 9.53. The number of hydrogen-bond donors (Lipinski definition) is 0. The number of nitrogens with zero attached hydrogens (tertiary/aromatic N) is 1. The molecule has 1 heterocycles. The minimum absolute atomic E-state index is 0.0351. The van der Waals surface area contributed by atoms with Gasteiger partial charge in [-0.15, -0.1) is 0 Å². The number of amides is 1. The van der Waals surface area contributed by atoms with Crippen molar-refractivity contribution in [2.24, 2.45) is 0 Å². The van der Waals surface area contributed by atoms with Crippen molar-refractivity contribution in [3.05, 3.63) is 71.3 Å². The van der Waals surface area contributed by atoms with Gasteiger partial charge in [0.1, 0.15) is 5.75 Å². The Morgan fingerprint density at radius 3 is 2.25 bits per heavy atom. The zero-order chi connectivity index (χ0) is 19.9. The highest BCUT2D eigenvalue weighted by Crippen LogP contribution is 2.29. The Balaban J connectivity index is 1.90. The predicted octanol–water partition coefficient (Wildman–Crippen LogP) is 4.13. The van der Waals surface area contributed by atoms with Crippen LogP contribution in [0.5, 0.6) is 5.75 Å². The lowest BCUT2D eigenvalue weighted by atomic mass is 9.93. The summed E-state index contributed by atoms with van der Waals surface area (Å²) >= 11 is 0. The van der Waals surface area contributed by atoms with E-state index in [0.29, 0.717) is 31.9 Å². The molecule has 0 radical (unpaired) electrons. The third-order valence-corrected chi connectivity index (χ3v) is 4.68. The van der Waals surface area contributed by atoms with Crippen LogP contribution in [0, 0.1) is 0 Å². The maximum absolute atomic E-state index is 13.0. The van der Waals surface area contributed by atoms with Crippen molar-refractivity contribution >= 4 is 11.5 Å². The van der Waals surface area contributed by atoms with E-state index in [4.69, 9.17) is 14.2 Å². The molecular formula is C23H27NO4. The predicted molar refractivity (Wildman–Crippen MR) is 109 cm³/mol. The van der Waals surface area contributed by atoms with E-state index in [9.17, 15) is 4.79 Å². The van der Waals surface area contributed by atoms with Gasteiger partial charge in [-0.05, 0) is 54.8 Å². The van der Waals surface area contributed by atoms with Crippen LogP contribution in [-0.4, -0.2) is 44.0 Å². The molecule has 0 bridgehead atoms. The van der Waals surface area contributed by atoms with E-state index >= 15 is 0 Å². The SMILES string of the molecule is CCOC(/C=C1\CN(Cc2ccc(OC)cc2)C(=O)c2ccccc21)OCC. The molecule has 0 aliphatic carbocycles. The van der Waals surface area contributed by atoms with Crippen LogP contribution >= 0.6 is 0 Å². The Hall–Kier alpha value is -2.63. The number of fused-ring (bicyclic) bond motifs is 1. The molecule has 0 saturated heterocycles. The summed E-state index contributed by atoms with van der Waals surface area (Å²) in [7, 11) is 1.64. The van der Waals surface area contributed by atoms with E-state index in [1.54, 1.807) is 7.11 Å². The van der Waals surface area contributed by atoms with Crippen molar-refractivity contribution in [2.45, 2.75) is 26.7 Å². The second-order valence-electron chi connectivity index (χ2n) is 6.53. The summed E-state index contributed by atoms with van der Waals surface area (Å²) in [6, 6.07) is 15.5. The number of methoxy groups -OCH3 is 1. The molecule has 28 heavy (non-hydrogen) atoms. The molecule has 0 saturated carbocycles. The van der Waals surface area contributed by atoms with Crippen molar-refractivity contribution < 1.29 is 19.0 Å². The van der Waals surface area contributed by atoms with Gasteiger partial charge in [0.25, 0.3) is 5.91 Å². The van der Waals surface area contributed by atoms with Gasteiger partial charge in [0.15, 0.2) is 6.29 Å². The normalized spacial score (nSPS) is 15.2. The second-order valence-corrected chi connectivity index (χ2v) is 6.53. The van der Waals surface area contributed by atoms with Crippen molar-refractivity contribution in [3.63, 3.8) is 0 Å². The monoisotopic (exact) mass is 381 g/mol. The fourth-order valence-electron chi connectivity index (χ4n) is 3.34. The lowest BCUT2D eigenvalue weighted by Crippen LogP contribution is -2.37. The number of benzene rings is 2. The first-order chi connectivity index (χ1) is 13.7. The molecule has 5 nitrogen and oxygen atoms in total. The van der Waals surface area contributed by atoms with Gasteiger partial charge in [0, 0.05) is 31.9 Å². The Kier molecular flexibility index (Phi) is 6.85. The summed E-state index contributed by atoms with van der Waals surface area (Å²) in [6.45, 7) is 6.05. The minimum atomic E-state index is -0.422. The number of ether oxygens (including phenoxy) is 3. The van der Waals surface area contributed by atoms with Crippen molar-refractivity contribution in [1.29, 1.82) is 0 Å². The summed E-state index contributed by atoms with van der Waals surface area (Å²) < 4.78 is 16.6. The van der Waals surface area contributed by atoms with Crippen LogP contribution in [-0.2, 0) is 16.0 Å². The van der Waals surface area contributed by atoms with E-state index in [0.717, 1.165) is 22.4 Å². The van der Waals surface area contributed by atoms with Crippen molar-refractivity contribution in [3.8, 4) is 5.75 Å². The highest BCUT2D eigenvalue weighted by molar-refractivity contribution is 6.02. The smallest absolute Gasteiger partial charge is 0.255 e. The number of hydrogen-bond acceptors (Lipinski definition) is 4. The standard InChI is InChI=1S/C23H27NO4/c1-4-27-22(28-5-2)14-18-16-24(15-17-10-12-19(26-3)13-11-17)23(25)21-9-7-6-8-20(18)21/h6-14,22H,4-5,15-16H2,1-3H3/b18-14+. The number of rotatable bonds is 8. The first-order valence-corrected chi connectivity index (χ1v) is 9.61. The number of carbonyl (C=O) groups excluding carboxylic acids is 1. The zero-order valence-corrected chi connectivity index (χ0v) is 16.7. The Bertz CT molecular complexity index is 823. The minimum Gasteiger partial charge on any atom is -0.497 e. The van der Waals surface area contributed by atoms with Gasteiger partial charge in [-0.25, -0.2) is 0 Å². The molecule has 2 aromatic rings. The summed E-state index contributed by atoms with van der Waals surface area (Å²) in [4.78, 5) is 14.9. The lowest BCUT2D eigenvalue weighted by Gasteiger charge is -2.31. The van der Waals surface area contributed by atoms with Crippen LogP contribution in [0.4, 0.5) is 0 Å². The van der Waals surface area contributed by atoms with Crippen LogP contribution < -0.4 is 4.74 Å². The average Bonchev–Trinajstić information content (AvgIpc) is 2.72. The van der Waals surface area contributed by atoms with Gasteiger partial charge >= 0.3 is 0 Å². The van der Waals surface area contributed by atoms with Gasteiger partial charge in [-0.1, -0.05) is 30.3 Å². The molecule has 0 aromatic heterocycles. The number of carbonyl (C=O) groups is 1. The maximum atomic E-state index is 13.0. The Morgan fingerprint density at radius 1 is 1.00 bits per heavy atom. The van der Waals surface area contributed by atoms with Crippen LogP contribution in [0.25, 0.3) is 5.57 Å². The van der Waals surface area contributed by atoms with E-state index < -0.39 is 6.29 Å². The molecule has 0 fully saturated rings. The van der Waals surface area contributed by atoms with Gasteiger partial charge in [-0.2, -0.15) is 0 Å². The van der Waals surface area contributed by atoms with E-state index in [2.05, 4.69) is 0 Å². The lowest BCUT2D eigenvalue weighted by molar-refractivity contribution is -0.103. The summed E-state index contributed by atoms with van der Waals surface area (Å²) in [5.74, 6) is 0.837. The van der Waals surface area contributed by atoms with E-state index in [-0.39, 0.29) is 5.91 Å². The van der Waals surface area contributed by atoms with Gasteiger partial charge in [-0.3, -0.25) is 4.79 Å². The van der Waals surface area contributed by atoms with Gasteiger partial charge < -0.3 is 19.1 Å². The van der Waals surface area contributed by atoms with Crippen LogP contribution in [0.2, 0.25) is 0 Å². The van der Waals surface area contributed by atoms with Gasteiger partial charge in [0.05, 0.1) is 7.11 Å². The topological polar surface area (TPSA) is 48.0 Å². The molecule has 1 aliphatic heterocycles. The molecular weight excluding hydrogens is 354 g/mol. The zero-order valence-electron chi connectivity index (χ0n) is 16.7. The summed E-state index contributed by atoms with van der Waals surface area (Å²) in [5.41, 5.74) is 3.75. The van der Waals surface area contributed by atoms with Crippen molar-refractivity contribution in [1.82, 2.24) is 4.90 Å². The maximum Gasteiger partial charge on any atom is 0.255 e. The van der Waals surface area contributed by atoms with Gasteiger partial charge in [0.2, 0.25) is 0 Å². The quantitative estimate of drug-likeness (QED) is 0.645. The molecule has 3 rings (SSSR count). The van der Waals surface area contributed by atoms with E-state index in [1.165, 1.54) is 0 Å². The molecule has 1 aliphatic rings. The molecule has 0 atom stereocenters. The Labute approximate surface area is 166 Å². The first-order valence-electron chi connectivity index (χ1n) is 9.61. The molecule has 5 heteroatoms. The van der Waals surface area contributed by atoms with Crippen LogP contribution in [0.3, 0.4) is 0 Å². The highest BCUT2D eigenvalue weighted by atomic mass is 16.7. The molecule has 0 N–H and O–H groups in total. The molecule has 2 aromatic carbocycles. The highest BCUT2D eigenvalue weighted by Gasteiger charge is 2.28. The van der Waals surface area contributed by atoms with Crippen molar-refractivity contribution in [2.75, 3.05) is 26.9 Å². The average molecular weight is 381 g/mol. The fourth-order valence-corrected chi connectivity index (χ4v) is 3.34. The molecule has 0 spiro atoms.